The summed E-state index contributed by atoms with van der Waals surface area (Å²) in [5.41, 5.74) is 6.25. The van der Waals surface area contributed by atoms with Crippen molar-refractivity contribution in [1.82, 2.24) is 0 Å². The number of phenolic OH excluding ortho intramolecular Hbond substituents is 1. The first kappa shape index (κ1) is 33.1. The molecule has 0 unspecified atom stereocenters. The number of carboxylic acids is 1. The minimum atomic E-state index is -4.78. The SMILES string of the molecule is Nc1ccc2cc(S(=O)(=O)O)c(N=Nc3ccc(N=Nc4ccc(O)c(C(=O)O)c4)c4ccccc34)c(O)c2c1.[Na].[Na]. The topological polar surface area (TPSA) is 208 Å². The fraction of sp³-hybridized carbons (Fsp3) is 0. The predicted molar refractivity (Wildman–Crippen MR) is 159 cm³/mol. The molecule has 0 saturated heterocycles. The number of azo groups is 2. The molecule has 6 N–H and O–H groups in total. The number of benzene rings is 5. The molecule has 0 spiro atoms. The Morgan fingerprint density at radius 2 is 1.36 bits per heavy atom. The molecule has 0 saturated carbocycles. The van der Waals surface area contributed by atoms with E-state index in [0.717, 1.165) is 0 Å². The van der Waals surface area contributed by atoms with Gasteiger partial charge in [0.2, 0.25) is 0 Å². The first-order chi connectivity index (χ1) is 19.0. The third-order valence-electron chi connectivity index (χ3n) is 5.97. The zero-order valence-corrected chi connectivity index (χ0v) is 27.1. The number of hydrogen-bond acceptors (Lipinski definition) is 10. The van der Waals surface area contributed by atoms with Crippen LogP contribution in [-0.2, 0) is 10.1 Å². The van der Waals surface area contributed by atoms with E-state index in [0.29, 0.717) is 33.2 Å². The number of rotatable bonds is 6. The van der Waals surface area contributed by atoms with Crippen molar-refractivity contribution in [3.05, 3.63) is 84.4 Å². The largest absolute Gasteiger partial charge is 0.507 e. The van der Waals surface area contributed by atoms with Crippen LogP contribution in [0.25, 0.3) is 21.5 Å². The Morgan fingerprint density at radius 1 is 0.738 bits per heavy atom. The summed E-state index contributed by atoms with van der Waals surface area (Å²) in [6.07, 6.45) is 0. The molecular weight excluding hydrogens is 584 g/mol. The van der Waals surface area contributed by atoms with E-state index in [1.54, 1.807) is 36.4 Å². The van der Waals surface area contributed by atoms with Gasteiger partial charge in [0.25, 0.3) is 10.1 Å². The summed E-state index contributed by atoms with van der Waals surface area (Å²) >= 11 is 0. The Kier molecular flexibility index (Phi) is 10.5. The molecule has 0 aliphatic heterocycles. The van der Waals surface area contributed by atoms with Gasteiger partial charge in [-0.3, -0.25) is 4.55 Å². The van der Waals surface area contributed by atoms with E-state index in [4.69, 9.17) is 5.73 Å². The van der Waals surface area contributed by atoms with E-state index in [2.05, 4.69) is 20.5 Å². The van der Waals surface area contributed by atoms with Gasteiger partial charge >= 0.3 is 5.97 Å². The number of nitrogen functional groups attached to an aromatic ring is 1. The second-order valence-corrected chi connectivity index (χ2v) is 9.97. The number of fused-ring (bicyclic) bond motifs is 2. The van der Waals surface area contributed by atoms with E-state index >= 15 is 0 Å². The molecule has 0 bridgehead atoms. The van der Waals surface area contributed by atoms with Crippen LogP contribution in [0.1, 0.15) is 10.4 Å². The third kappa shape index (κ3) is 6.80. The van der Waals surface area contributed by atoms with Crippen LogP contribution in [0.15, 0.2) is 104 Å². The van der Waals surface area contributed by atoms with Crippen LogP contribution in [0.3, 0.4) is 0 Å². The first-order valence-corrected chi connectivity index (χ1v) is 12.9. The van der Waals surface area contributed by atoms with Crippen LogP contribution < -0.4 is 5.73 Å². The molecule has 5 aromatic rings. The summed E-state index contributed by atoms with van der Waals surface area (Å²) in [6.45, 7) is 0. The van der Waals surface area contributed by atoms with Gasteiger partial charge in [-0.05, 0) is 53.9 Å². The molecule has 42 heavy (non-hydrogen) atoms. The quantitative estimate of drug-likeness (QED) is 0.0671. The van der Waals surface area contributed by atoms with Crippen molar-refractivity contribution in [3.63, 3.8) is 0 Å². The number of phenols is 2. The van der Waals surface area contributed by atoms with Gasteiger partial charge in [-0.25, -0.2) is 4.79 Å². The van der Waals surface area contributed by atoms with Gasteiger partial charge in [0.1, 0.15) is 21.9 Å². The van der Waals surface area contributed by atoms with E-state index < -0.39 is 38.2 Å². The van der Waals surface area contributed by atoms with Crippen LogP contribution in [-0.4, -0.2) is 93.4 Å². The van der Waals surface area contributed by atoms with Gasteiger partial charge in [-0.15, -0.1) is 15.3 Å². The van der Waals surface area contributed by atoms with E-state index in [-0.39, 0.29) is 75.8 Å². The van der Waals surface area contributed by atoms with Crippen LogP contribution in [0.5, 0.6) is 11.5 Å². The van der Waals surface area contributed by atoms with Crippen LogP contribution in [0.4, 0.5) is 28.4 Å². The molecule has 0 aromatic heterocycles. The molecule has 2 radical (unpaired) electrons. The van der Waals surface area contributed by atoms with E-state index in [1.165, 1.54) is 42.5 Å². The molecule has 12 nitrogen and oxygen atoms in total. The number of aromatic hydroxyl groups is 2. The van der Waals surface area contributed by atoms with Crippen molar-refractivity contribution in [3.8, 4) is 11.5 Å². The fourth-order valence-electron chi connectivity index (χ4n) is 4.07. The average Bonchev–Trinajstić information content (AvgIpc) is 2.92. The summed E-state index contributed by atoms with van der Waals surface area (Å²) in [4.78, 5) is 10.7. The molecular formula is C27H19N5Na2O7S. The number of carbonyl (C=O) groups is 1. The molecule has 202 valence electrons. The van der Waals surface area contributed by atoms with Gasteiger partial charge in [-0.2, -0.15) is 13.5 Å². The summed E-state index contributed by atoms with van der Waals surface area (Å²) in [5, 5.41) is 47.9. The van der Waals surface area contributed by atoms with Crippen molar-refractivity contribution in [2.75, 3.05) is 5.73 Å². The van der Waals surface area contributed by atoms with Gasteiger partial charge in [0.05, 0.1) is 17.1 Å². The Hall–Kier alpha value is -3.40. The maximum absolute atomic E-state index is 12.1. The fourth-order valence-corrected chi connectivity index (χ4v) is 4.72. The summed E-state index contributed by atoms with van der Waals surface area (Å²) in [7, 11) is -4.78. The van der Waals surface area contributed by atoms with Gasteiger partial charge < -0.3 is 21.1 Å². The summed E-state index contributed by atoms with van der Waals surface area (Å²) < 4.78 is 34.0. The Bertz CT molecular complexity index is 2020. The van der Waals surface area contributed by atoms with Crippen LogP contribution >= 0.6 is 0 Å². The predicted octanol–water partition coefficient (Wildman–Crippen LogP) is 6.00. The second kappa shape index (κ2) is 13.3. The van der Waals surface area contributed by atoms with Crippen molar-refractivity contribution in [2.24, 2.45) is 20.5 Å². The number of hydrogen-bond donors (Lipinski definition) is 5. The molecule has 5 aromatic carbocycles. The molecule has 0 aliphatic rings. The second-order valence-electron chi connectivity index (χ2n) is 8.58. The van der Waals surface area contributed by atoms with E-state index in [9.17, 15) is 33.1 Å². The maximum atomic E-state index is 12.1. The number of carboxylic acid groups (broad SMARTS) is 1. The molecule has 15 heteroatoms. The molecule has 0 amide bonds. The number of aromatic carboxylic acids is 1. The first-order valence-electron chi connectivity index (χ1n) is 11.5. The van der Waals surface area contributed by atoms with Crippen molar-refractivity contribution in [1.29, 1.82) is 0 Å². The van der Waals surface area contributed by atoms with Crippen LogP contribution in [0, 0.1) is 0 Å². The monoisotopic (exact) mass is 603 g/mol. The number of nitrogens with two attached hydrogens (primary N) is 1. The molecule has 5 rings (SSSR count). The van der Waals surface area contributed by atoms with Crippen LogP contribution in [0.2, 0.25) is 0 Å². The van der Waals surface area contributed by atoms with Crippen molar-refractivity contribution >= 4 is 125 Å². The summed E-state index contributed by atoms with van der Waals surface area (Å²) in [5.74, 6) is -2.23. The Morgan fingerprint density at radius 3 is 1.95 bits per heavy atom. The molecule has 0 fully saturated rings. The maximum Gasteiger partial charge on any atom is 0.339 e. The average molecular weight is 604 g/mol. The van der Waals surface area contributed by atoms with Gasteiger partial charge in [0, 0.05) is 81.0 Å². The Labute approximate surface area is 283 Å². The summed E-state index contributed by atoms with van der Waals surface area (Å²) in [6, 6.07) is 19.5. The molecule has 0 heterocycles. The third-order valence-corrected chi connectivity index (χ3v) is 6.84. The molecule has 0 aliphatic carbocycles. The normalized spacial score (nSPS) is 11.5. The van der Waals surface area contributed by atoms with Gasteiger partial charge in [-0.1, -0.05) is 30.3 Å². The molecule has 0 atom stereocenters. The van der Waals surface area contributed by atoms with Gasteiger partial charge in [0.15, 0.2) is 5.75 Å². The van der Waals surface area contributed by atoms with Crippen molar-refractivity contribution < 1.29 is 33.1 Å². The minimum Gasteiger partial charge on any atom is -0.507 e. The van der Waals surface area contributed by atoms with E-state index in [1.807, 2.05) is 0 Å². The standard InChI is InChI=1S/C27H19N5O7S.2Na/c28-15-6-5-14-11-24(40(37,38)39)25(26(34)19(14)12-15)32-31-22-9-8-21(17-3-1-2-4-18(17)22)30-29-16-7-10-23(33)20(13-16)27(35)36;;/h1-13,33-34H,28H2,(H,35,36)(H,37,38,39);;. The smallest absolute Gasteiger partial charge is 0.339 e. The number of anilines is 1. The minimum absolute atomic E-state index is 0. The number of nitrogens with zero attached hydrogens (tertiary/aromatic N) is 4. The zero-order valence-electron chi connectivity index (χ0n) is 22.3. The zero-order chi connectivity index (χ0) is 28.6. The van der Waals surface area contributed by atoms with Crippen molar-refractivity contribution in [2.45, 2.75) is 4.90 Å². The Balaban J connectivity index is 0.00000242.